The van der Waals surface area contributed by atoms with Gasteiger partial charge in [0.2, 0.25) is 13.1 Å². The molecule has 0 saturated heterocycles. The van der Waals surface area contributed by atoms with Gasteiger partial charge >= 0.3 is 0 Å². The number of cyclic esters (lactones) is 1. The molecule has 36 heavy (non-hydrogen) atoms. The first-order valence-corrected chi connectivity index (χ1v) is 11.8. The maximum atomic E-state index is 13.6. The number of carbonyl (C=O) groups excluding carboxylic acids is 1. The van der Waals surface area contributed by atoms with Crippen molar-refractivity contribution in [1.82, 2.24) is 14.1 Å². The topological polar surface area (TPSA) is 112 Å². The van der Waals surface area contributed by atoms with Gasteiger partial charge < -0.3 is 23.9 Å². The number of aromatic nitrogens is 4. The van der Waals surface area contributed by atoms with Crippen molar-refractivity contribution in [2.45, 2.75) is 38.6 Å². The van der Waals surface area contributed by atoms with Crippen LogP contribution in [0.15, 0.2) is 41.7 Å². The Morgan fingerprint density at radius 1 is 1.14 bits per heavy atom. The highest BCUT2D eigenvalue weighted by molar-refractivity contribution is 5.91. The lowest BCUT2D eigenvalue weighted by Crippen LogP contribution is -2.53. The predicted octanol–water partition coefficient (Wildman–Crippen LogP) is 0.851. The zero-order valence-corrected chi connectivity index (χ0v) is 19.7. The summed E-state index contributed by atoms with van der Waals surface area (Å²) in [4.78, 5) is 30.9. The first-order valence-electron chi connectivity index (χ1n) is 11.8. The zero-order chi connectivity index (χ0) is 24.8. The van der Waals surface area contributed by atoms with Crippen molar-refractivity contribution in [3.05, 3.63) is 69.5 Å². The smallest absolute Gasteiger partial charge is 0.300 e. The van der Waals surface area contributed by atoms with E-state index in [0.29, 0.717) is 41.5 Å². The fourth-order valence-electron chi connectivity index (χ4n) is 5.50. The SMILES string of the molecule is CC[C@@]1([O-])C(=O)OCc2c1cc1n(c2=O)Cc2c-1nc1cc3c(cc1c2Cn1cc[n+](C)c1)OCO3. The Bertz CT molecular complexity index is 1690. The molecule has 182 valence electrons. The normalized spacial score (nSPS) is 19.2. The number of ether oxygens (including phenoxy) is 3. The Morgan fingerprint density at radius 2 is 1.94 bits per heavy atom. The predicted molar refractivity (Wildman–Crippen MR) is 123 cm³/mol. The van der Waals surface area contributed by atoms with Crippen molar-refractivity contribution in [3.8, 4) is 22.9 Å². The number of hydrogen-bond donors (Lipinski definition) is 0. The highest BCUT2D eigenvalue weighted by Gasteiger charge is 2.39. The van der Waals surface area contributed by atoms with Gasteiger partial charge in [0.05, 0.1) is 36.1 Å². The zero-order valence-electron chi connectivity index (χ0n) is 19.7. The van der Waals surface area contributed by atoms with E-state index < -0.39 is 11.6 Å². The summed E-state index contributed by atoms with van der Waals surface area (Å²) in [6.45, 7) is 2.44. The van der Waals surface area contributed by atoms with Crippen LogP contribution in [0.5, 0.6) is 11.5 Å². The Morgan fingerprint density at radius 3 is 2.69 bits per heavy atom. The average Bonchev–Trinajstić information content (AvgIpc) is 3.59. The number of fused-ring (bicyclic) bond motifs is 6. The van der Waals surface area contributed by atoms with Gasteiger partial charge in [-0.25, -0.2) is 14.1 Å². The van der Waals surface area contributed by atoms with E-state index in [9.17, 15) is 14.7 Å². The van der Waals surface area contributed by atoms with Gasteiger partial charge in [-0.3, -0.25) is 9.59 Å². The van der Waals surface area contributed by atoms with Crippen LogP contribution in [0.2, 0.25) is 0 Å². The van der Waals surface area contributed by atoms with Crippen molar-refractivity contribution in [1.29, 1.82) is 0 Å². The third-order valence-corrected chi connectivity index (χ3v) is 7.43. The van der Waals surface area contributed by atoms with E-state index >= 15 is 0 Å². The summed E-state index contributed by atoms with van der Waals surface area (Å²) in [7, 11) is 1.95. The molecular formula is C26H22N4O6. The fourth-order valence-corrected chi connectivity index (χ4v) is 5.50. The number of pyridine rings is 2. The lowest BCUT2D eigenvalue weighted by molar-refractivity contribution is -0.671. The number of aryl methyl sites for hydroxylation is 1. The monoisotopic (exact) mass is 486 g/mol. The van der Waals surface area contributed by atoms with Crippen LogP contribution in [0.25, 0.3) is 22.3 Å². The molecule has 0 saturated carbocycles. The molecule has 6 heterocycles. The van der Waals surface area contributed by atoms with Crippen LogP contribution in [0.3, 0.4) is 0 Å². The number of hydrogen-bond acceptors (Lipinski definition) is 7. The molecule has 3 aromatic heterocycles. The second-order valence-corrected chi connectivity index (χ2v) is 9.46. The van der Waals surface area contributed by atoms with E-state index in [-0.39, 0.29) is 36.5 Å². The standard InChI is InChI=1S/C26H22N4O6/c1-3-26(33)18-7-20-23-16(10-30(20)24(31)17(18)11-34-25(26)32)15(9-29-5-4-28(2)12-29)14-6-21-22(36-13-35-21)8-19(14)27-23/h4-8,12H,3,9-11,13H2,1-2H3/t26-/m0/s1. The van der Waals surface area contributed by atoms with Crippen molar-refractivity contribution in [3.63, 3.8) is 0 Å². The molecule has 7 rings (SSSR count). The summed E-state index contributed by atoms with van der Waals surface area (Å²) >= 11 is 0. The van der Waals surface area contributed by atoms with Crippen LogP contribution in [0.4, 0.5) is 0 Å². The summed E-state index contributed by atoms with van der Waals surface area (Å²) in [6.07, 6.45) is 5.91. The lowest BCUT2D eigenvalue weighted by Gasteiger charge is -2.41. The molecular weight excluding hydrogens is 464 g/mol. The van der Waals surface area contributed by atoms with E-state index in [1.54, 1.807) is 17.6 Å². The second-order valence-electron chi connectivity index (χ2n) is 9.46. The van der Waals surface area contributed by atoms with Crippen LogP contribution >= 0.6 is 0 Å². The van der Waals surface area contributed by atoms with Gasteiger partial charge in [-0.15, -0.1) is 0 Å². The molecule has 0 N–H and O–H groups in total. The molecule has 0 radical (unpaired) electrons. The molecule has 0 aliphatic carbocycles. The van der Waals surface area contributed by atoms with Crippen LogP contribution in [-0.2, 0) is 41.9 Å². The number of nitrogens with zero attached hydrogens (tertiary/aromatic N) is 4. The van der Waals surface area contributed by atoms with Gasteiger partial charge in [0.25, 0.3) is 11.5 Å². The van der Waals surface area contributed by atoms with Crippen LogP contribution < -0.4 is 24.7 Å². The number of benzene rings is 1. The Hall–Kier alpha value is -4.18. The van der Waals surface area contributed by atoms with Gasteiger partial charge in [-0.2, -0.15) is 0 Å². The first kappa shape index (κ1) is 21.1. The highest BCUT2D eigenvalue weighted by Crippen LogP contribution is 2.42. The molecule has 3 aliphatic heterocycles. The minimum Gasteiger partial charge on any atom is -0.838 e. The molecule has 0 spiro atoms. The highest BCUT2D eigenvalue weighted by atomic mass is 16.7. The van der Waals surface area contributed by atoms with Gasteiger partial charge in [0, 0.05) is 28.2 Å². The van der Waals surface area contributed by atoms with Crippen LogP contribution in [0.1, 0.15) is 35.6 Å². The number of rotatable bonds is 3. The molecule has 3 aliphatic rings. The molecule has 0 bridgehead atoms. The summed E-state index contributed by atoms with van der Waals surface area (Å²) in [5.74, 6) is 0.420. The molecule has 0 fully saturated rings. The number of imidazole rings is 1. The Labute approximate surface area is 204 Å². The Balaban J connectivity index is 1.50. The van der Waals surface area contributed by atoms with Crippen molar-refractivity contribution in [2.75, 3.05) is 6.79 Å². The first-order chi connectivity index (χ1) is 17.4. The molecule has 1 atom stereocenters. The maximum absolute atomic E-state index is 13.6. The average molecular weight is 486 g/mol. The third kappa shape index (κ3) is 2.75. The van der Waals surface area contributed by atoms with Crippen LogP contribution in [0, 0.1) is 0 Å². The van der Waals surface area contributed by atoms with Gasteiger partial charge in [-0.1, -0.05) is 13.3 Å². The third-order valence-electron chi connectivity index (χ3n) is 7.43. The second kappa shape index (κ2) is 7.17. The number of esters is 1. The minimum absolute atomic E-state index is 0.0148. The molecule has 0 unspecified atom stereocenters. The van der Waals surface area contributed by atoms with Crippen molar-refractivity contribution < 1.29 is 28.7 Å². The van der Waals surface area contributed by atoms with Crippen molar-refractivity contribution in [2.24, 2.45) is 7.05 Å². The van der Waals surface area contributed by atoms with E-state index in [1.165, 1.54) is 0 Å². The lowest BCUT2D eigenvalue weighted by atomic mass is 9.86. The molecule has 10 nitrogen and oxygen atoms in total. The molecule has 0 amide bonds. The quantitative estimate of drug-likeness (QED) is 0.275. The fraction of sp³-hybridized carbons (Fsp3) is 0.308. The van der Waals surface area contributed by atoms with Gasteiger partial charge in [0.1, 0.15) is 25.5 Å². The Kier molecular flexibility index (Phi) is 4.21. The van der Waals surface area contributed by atoms with E-state index in [0.717, 1.165) is 16.5 Å². The van der Waals surface area contributed by atoms with E-state index in [4.69, 9.17) is 19.2 Å². The summed E-state index contributed by atoms with van der Waals surface area (Å²) in [5.41, 5.74) is 1.77. The molecule has 4 aromatic rings. The largest absolute Gasteiger partial charge is 0.838 e. The molecule has 10 heteroatoms. The minimum atomic E-state index is -2.11. The van der Waals surface area contributed by atoms with Gasteiger partial charge in [-0.05, 0) is 17.7 Å². The summed E-state index contributed by atoms with van der Waals surface area (Å²) in [5, 5.41) is 14.4. The number of carbonyl (C=O) groups is 1. The summed E-state index contributed by atoms with van der Waals surface area (Å²) < 4.78 is 22.0. The van der Waals surface area contributed by atoms with E-state index in [2.05, 4.69) is 4.57 Å². The summed E-state index contributed by atoms with van der Waals surface area (Å²) in [6, 6.07) is 5.45. The van der Waals surface area contributed by atoms with E-state index in [1.807, 2.05) is 42.5 Å². The van der Waals surface area contributed by atoms with Crippen molar-refractivity contribution >= 4 is 16.9 Å². The maximum Gasteiger partial charge on any atom is 0.300 e. The van der Waals surface area contributed by atoms with Gasteiger partial charge in [0.15, 0.2) is 11.5 Å². The van der Waals surface area contributed by atoms with Crippen LogP contribution in [-0.4, -0.2) is 26.9 Å². The molecule has 1 aromatic carbocycles.